The summed E-state index contributed by atoms with van der Waals surface area (Å²) in [4.78, 5) is 42.6. The molecule has 12 heteroatoms. The molecule has 1 N–H and O–H groups in total. The van der Waals surface area contributed by atoms with Gasteiger partial charge in [-0.05, 0) is 18.2 Å². The lowest BCUT2D eigenvalue weighted by Gasteiger charge is -2.34. The van der Waals surface area contributed by atoms with E-state index in [1.165, 1.54) is 24.5 Å². The Morgan fingerprint density at radius 1 is 1.21 bits per heavy atom. The van der Waals surface area contributed by atoms with Crippen LogP contribution in [-0.2, 0) is 4.79 Å². The number of amides is 2. The molecule has 0 unspecified atom stereocenters. The van der Waals surface area contributed by atoms with Crippen molar-refractivity contribution in [2.24, 2.45) is 0 Å². The van der Waals surface area contributed by atoms with Crippen LogP contribution in [0, 0.1) is 21.4 Å². The normalized spacial score (nSPS) is 13.4. The predicted molar refractivity (Wildman–Crippen MR) is 113 cm³/mol. The number of oxazole rings is 1. The van der Waals surface area contributed by atoms with Gasteiger partial charge in [-0.2, -0.15) is 10.2 Å². The third-order valence-corrected chi connectivity index (χ3v) is 5.09. The van der Waals surface area contributed by atoms with Crippen molar-refractivity contribution in [3.05, 3.63) is 64.0 Å². The largest absolute Gasteiger partial charge is 0.459 e. The average Bonchev–Trinajstić information content (AvgIpc) is 3.52. The fourth-order valence-corrected chi connectivity index (χ4v) is 3.39. The van der Waals surface area contributed by atoms with Gasteiger partial charge in [-0.15, -0.1) is 0 Å². The zero-order valence-corrected chi connectivity index (χ0v) is 17.3. The number of furan rings is 1. The first-order valence-corrected chi connectivity index (χ1v) is 9.96. The molecule has 1 aromatic carbocycles. The summed E-state index contributed by atoms with van der Waals surface area (Å²) in [5.41, 5.74) is 0.0263. The van der Waals surface area contributed by atoms with E-state index in [0.29, 0.717) is 37.8 Å². The molecule has 0 saturated carbocycles. The van der Waals surface area contributed by atoms with E-state index in [4.69, 9.17) is 8.83 Å². The molecule has 12 nitrogen and oxygen atoms in total. The van der Waals surface area contributed by atoms with Crippen LogP contribution in [0.2, 0.25) is 0 Å². The van der Waals surface area contributed by atoms with Crippen molar-refractivity contribution >= 4 is 23.4 Å². The molecule has 1 saturated heterocycles. The quantitative estimate of drug-likeness (QED) is 0.436. The van der Waals surface area contributed by atoms with Crippen molar-refractivity contribution in [1.82, 2.24) is 15.2 Å². The van der Waals surface area contributed by atoms with Crippen LogP contribution >= 0.6 is 0 Å². The molecule has 3 aromatic rings. The molecule has 1 aliphatic heterocycles. The van der Waals surface area contributed by atoms with Gasteiger partial charge >= 0.3 is 0 Å². The van der Waals surface area contributed by atoms with E-state index in [9.17, 15) is 25.0 Å². The van der Waals surface area contributed by atoms with Gasteiger partial charge in [0, 0.05) is 43.9 Å². The minimum Gasteiger partial charge on any atom is -0.459 e. The number of carbonyl (C=O) groups excluding carboxylic acids is 2. The lowest BCUT2D eigenvalue weighted by molar-refractivity contribution is -0.384. The Labute approximate surface area is 187 Å². The number of nitrogens with one attached hydrogen (secondary N) is 1. The van der Waals surface area contributed by atoms with Gasteiger partial charge in [0.05, 0.1) is 17.7 Å². The minimum absolute atomic E-state index is 0.100. The van der Waals surface area contributed by atoms with Gasteiger partial charge in [-0.3, -0.25) is 19.7 Å². The van der Waals surface area contributed by atoms with E-state index in [0.717, 1.165) is 6.07 Å². The fraction of sp³-hybridized carbons (Fsp3) is 0.238. The second-order valence-electron chi connectivity index (χ2n) is 7.12. The summed E-state index contributed by atoms with van der Waals surface area (Å²) < 4.78 is 11.0. The monoisotopic (exact) mass is 450 g/mol. The van der Waals surface area contributed by atoms with Crippen LogP contribution in [0.15, 0.2) is 51.5 Å². The first-order valence-electron chi connectivity index (χ1n) is 9.96. The molecular formula is C21H18N6O6. The molecule has 1 fully saturated rings. The number of rotatable bonds is 6. The lowest BCUT2D eigenvalue weighted by Crippen LogP contribution is -2.51. The van der Waals surface area contributed by atoms with Gasteiger partial charge < -0.3 is 24.0 Å². The second kappa shape index (κ2) is 9.23. The molecule has 2 amide bonds. The molecule has 1 aliphatic rings. The number of nitro benzene ring substituents is 1. The average molecular weight is 450 g/mol. The molecule has 168 valence electrons. The van der Waals surface area contributed by atoms with Crippen molar-refractivity contribution in [3.63, 3.8) is 0 Å². The lowest BCUT2D eigenvalue weighted by atomic mass is 10.2. The number of carbonyl (C=O) groups is 2. The van der Waals surface area contributed by atoms with E-state index in [-0.39, 0.29) is 35.3 Å². The number of nitrogens with zero attached hydrogens (tertiary/aromatic N) is 5. The number of piperazine rings is 1. The Hall–Kier alpha value is -4.66. The first-order chi connectivity index (χ1) is 16.0. The molecule has 0 bridgehead atoms. The van der Waals surface area contributed by atoms with Crippen molar-refractivity contribution in [2.75, 3.05) is 37.6 Å². The summed E-state index contributed by atoms with van der Waals surface area (Å²) in [7, 11) is 0. The minimum atomic E-state index is -0.592. The number of benzene rings is 1. The summed E-state index contributed by atoms with van der Waals surface area (Å²) >= 11 is 0. The third kappa shape index (κ3) is 4.67. The fourth-order valence-electron chi connectivity index (χ4n) is 3.39. The van der Waals surface area contributed by atoms with Crippen LogP contribution in [0.5, 0.6) is 0 Å². The standard InChI is InChI=1S/C21H18N6O6/c22-12-16-21(33-20(24-16)17-5-2-10-32-17)26-8-6-25(7-9-26)18(28)13-23-19(29)14-3-1-4-15(11-14)27(30)31/h1-5,10-11H,6-9,13H2,(H,23,29). The number of nitriles is 1. The van der Waals surface area contributed by atoms with Gasteiger partial charge in [0.1, 0.15) is 6.07 Å². The third-order valence-electron chi connectivity index (χ3n) is 5.09. The van der Waals surface area contributed by atoms with Crippen LogP contribution < -0.4 is 10.2 Å². The van der Waals surface area contributed by atoms with Crippen molar-refractivity contribution in [2.45, 2.75) is 0 Å². The highest BCUT2D eigenvalue weighted by Gasteiger charge is 2.27. The van der Waals surface area contributed by atoms with Crippen LogP contribution in [-0.4, -0.2) is 59.3 Å². The topological polar surface area (TPSA) is 159 Å². The Kier molecular flexibility index (Phi) is 6.03. The number of hydrogen-bond donors (Lipinski definition) is 1. The summed E-state index contributed by atoms with van der Waals surface area (Å²) in [6.45, 7) is 1.29. The van der Waals surface area contributed by atoms with Crippen molar-refractivity contribution in [1.29, 1.82) is 5.26 Å². The highest BCUT2D eigenvalue weighted by Crippen LogP contribution is 2.29. The number of hydrogen-bond acceptors (Lipinski definition) is 9. The SMILES string of the molecule is N#Cc1nc(-c2ccco2)oc1N1CCN(C(=O)CNC(=O)c2cccc([N+](=O)[O-])c2)CC1. The maximum absolute atomic E-state index is 12.5. The first kappa shape index (κ1) is 21.6. The maximum Gasteiger partial charge on any atom is 0.270 e. The zero-order chi connectivity index (χ0) is 23.4. The molecule has 4 rings (SSSR count). The molecule has 2 aromatic heterocycles. The molecule has 33 heavy (non-hydrogen) atoms. The van der Waals surface area contributed by atoms with E-state index >= 15 is 0 Å². The van der Waals surface area contributed by atoms with E-state index in [1.54, 1.807) is 17.0 Å². The Balaban J connectivity index is 1.32. The van der Waals surface area contributed by atoms with E-state index < -0.39 is 10.8 Å². The van der Waals surface area contributed by atoms with Gasteiger partial charge in [0.15, 0.2) is 5.76 Å². The Morgan fingerprint density at radius 2 is 2.00 bits per heavy atom. The maximum atomic E-state index is 12.5. The molecule has 0 radical (unpaired) electrons. The zero-order valence-electron chi connectivity index (χ0n) is 17.3. The van der Waals surface area contributed by atoms with Gasteiger partial charge in [0.25, 0.3) is 17.5 Å². The van der Waals surface area contributed by atoms with Gasteiger partial charge in [0.2, 0.25) is 17.5 Å². The molecule has 0 atom stereocenters. The summed E-state index contributed by atoms with van der Waals surface area (Å²) in [5.74, 6) is 0.0641. The Bertz CT molecular complexity index is 1220. The van der Waals surface area contributed by atoms with Crippen LogP contribution in [0.1, 0.15) is 16.1 Å². The van der Waals surface area contributed by atoms with Crippen molar-refractivity contribution in [3.8, 4) is 17.7 Å². The molecule has 0 spiro atoms. The van der Waals surface area contributed by atoms with Gasteiger partial charge in [-0.1, -0.05) is 6.07 Å². The van der Waals surface area contributed by atoms with Crippen LogP contribution in [0.3, 0.4) is 0 Å². The number of non-ortho nitro benzene ring substituents is 1. The van der Waals surface area contributed by atoms with Crippen LogP contribution in [0.25, 0.3) is 11.7 Å². The molecule has 0 aliphatic carbocycles. The van der Waals surface area contributed by atoms with Gasteiger partial charge in [-0.25, -0.2) is 0 Å². The van der Waals surface area contributed by atoms with Crippen molar-refractivity contribution < 1.29 is 23.3 Å². The van der Waals surface area contributed by atoms with Crippen LogP contribution in [0.4, 0.5) is 11.6 Å². The highest BCUT2D eigenvalue weighted by atomic mass is 16.6. The highest BCUT2D eigenvalue weighted by molar-refractivity contribution is 5.97. The smallest absolute Gasteiger partial charge is 0.270 e. The summed E-state index contributed by atoms with van der Waals surface area (Å²) in [6.07, 6.45) is 1.48. The van der Waals surface area contributed by atoms with E-state index in [1.807, 2.05) is 11.0 Å². The number of nitro groups is 1. The summed E-state index contributed by atoms with van der Waals surface area (Å²) in [6, 6.07) is 10.7. The second-order valence-corrected chi connectivity index (χ2v) is 7.12. The van der Waals surface area contributed by atoms with E-state index in [2.05, 4.69) is 10.3 Å². The molecular weight excluding hydrogens is 432 g/mol. The summed E-state index contributed by atoms with van der Waals surface area (Å²) in [5, 5.41) is 22.7. The number of aromatic nitrogens is 1. The molecule has 3 heterocycles. The Morgan fingerprint density at radius 3 is 2.67 bits per heavy atom. The predicted octanol–water partition coefficient (Wildman–Crippen LogP) is 1.79. The number of anilines is 1.